The first-order chi connectivity index (χ1) is 13.6. The van der Waals surface area contributed by atoms with Gasteiger partial charge in [-0.1, -0.05) is 18.2 Å². The second-order valence-corrected chi connectivity index (χ2v) is 10.0. The van der Waals surface area contributed by atoms with Crippen LogP contribution in [0.4, 0.5) is 13.2 Å². The minimum atomic E-state index is -4.40. The minimum absolute atomic E-state index is 0.0973. The molecule has 158 valence electrons. The number of hydrogen-bond acceptors (Lipinski definition) is 5. The average molecular weight is 448 g/mol. The van der Waals surface area contributed by atoms with Crippen molar-refractivity contribution in [3.63, 3.8) is 0 Å². The van der Waals surface area contributed by atoms with Crippen LogP contribution < -0.4 is 0 Å². The Morgan fingerprint density at radius 3 is 2.41 bits per heavy atom. The summed E-state index contributed by atoms with van der Waals surface area (Å²) in [5, 5.41) is 8.82. The zero-order valence-corrected chi connectivity index (χ0v) is 16.9. The number of alkyl halides is 3. The summed E-state index contributed by atoms with van der Waals surface area (Å²) in [6, 6.07) is 8.02. The maximum absolute atomic E-state index is 12.8. The van der Waals surface area contributed by atoms with Crippen molar-refractivity contribution in [3.8, 4) is 0 Å². The van der Waals surface area contributed by atoms with Gasteiger partial charge in [0.15, 0.2) is 0 Å². The first-order valence-corrected chi connectivity index (χ1v) is 11.0. The van der Waals surface area contributed by atoms with Gasteiger partial charge in [0.1, 0.15) is 4.21 Å². The van der Waals surface area contributed by atoms with E-state index >= 15 is 0 Å². The number of rotatable bonds is 6. The molecule has 6 nitrogen and oxygen atoms in total. The predicted octanol–water partition coefficient (Wildman–Crippen LogP) is 2.90. The van der Waals surface area contributed by atoms with E-state index in [9.17, 15) is 26.4 Å². The van der Waals surface area contributed by atoms with E-state index in [1.165, 1.54) is 22.5 Å². The molecule has 1 aromatic heterocycles. The summed E-state index contributed by atoms with van der Waals surface area (Å²) < 4.78 is 65.5. The molecular weight excluding hydrogens is 429 g/mol. The molecule has 0 saturated carbocycles. The normalized spacial score (nSPS) is 16.8. The molecule has 0 aliphatic carbocycles. The monoisotopic (exact) mass is 448 g/mol. The molecule has 2 heterocycles. The summed E-state index contributed by atoms with van der Waals surface area (Å²) in [7, 11) is -3.72. The van der Waals surface area contributed by atoms with E-state index in [0.29, 0.717) is 30.1 Å². The van der Waals surface area contributed by atoms with Crippen molar-refractivity contribution in [2.45, 2.75) is 23.4 Å². The van der Waals surface area contributed by atoms with Crippen molar-refractivity contribution in [3.05, 3.63) is 52.4 Å². The first-order valence-electron chi connectivity index (χ1n) is 8.75. The van der Waals surface area contributed by atoms with Crippen LogP contribution in [0.15, 0.2) is 40.6 Å². The van der Waals surface area contributed by atoms with Crippen LogP contribution in [0.1, 0.15) is 16.0 Å². The Morgan fingerprint density at radius 1 is 1.10 bits per heavy atom. The molecule has 1 fully saturated rings. The fourth-order valence-electron chi connectivity index (χ4n) is 3.10. The number of sulfonamides is 1. The molecule has 1 N–H and O–H groups in total. The largest absolute Gasteiger partial charge is 0.481 e. The van der Waals surface area contributed by atoms with Crippen LogP contribution >= 0.6 is 11.3 Å². The molecule has 0 atom stereocenters. The number of nitrogens with zero attached hydrogens (tertiary/aromatic N) is 2. The van der Waals surface area contributed by atoms with E-state index < -0.39 is 27.7 Å². The zero-order chi connectivity index (χ0) is 21.2. The van der Waals surface area contributed by atoms with E-state index in [4.69, 9.17) is 5.11 Å². The zero-order valence-electron chi connectivity index (χ0n) is 15.2. The van der Waals surface area contributed by atoms with Gasteiger partial charge in [-0.15, -0.1) is 11.3 Å². The molecule has 0 radical (unpaired) electrons. The minimum Gasteiger partial charge on any atom is -0.481 e. The predicted molar refractivity (Wildman–Crippen MR) is 101 cm³/mol. The lowest BCUT2D eigenvalue weighted by atomic mass is 10.1. The van der Waals surface area contributed by atoms with Crippen LogP contribution in [0, 0.1) is 0 Å². The lowest BCUT2D eigenvalue weighted by Crippen LogP contribution is -2.48. The third-order valence-electron chi connectivity index (χ3n) is 4.55. The lowest BCUT2D eigenvalue weighted by Gasteiger charge is -2.33. The van der Waals surface area contributed by atoms with Crippen LogP contribution in [-0.2, 0) is 34.0 Å². The summed E-state index contributed by atoms with van der Waals surface area (Å²) >= 11 is 0.938. The number of hydrogen-bond donors (Lipinski definition) is 1. The second kappa shape index (κ2) is 8.42. The molecule has 11 heteroatoms. The highest BCUT2D eigenvalue weighted by atomic mass is 32.2. The van der Waals surface area contributed by atoms with E-state index in [0.717, 1.165) is 23.5 Å². The molecule has 0 amide bonds. The summed E-state index contributed by atoms with van der Waals surface area (Å²) in [6.07, 6.45) is -4.63. The van der Waals surface area contributed by atoms with Crippen molar-refractivity contribution in [1.29, 1.82) is 0 Å². The van der Waals surface area contributed by atoms with Gasteiger partial charge in [0.25, 0.3) is 10.0 Å². The van der Waals surface area contributed by atoms with E-state index in [2.05, 4.69) is 0 Å². The molecule has 3 rings (SSSR count). The smallest absolute Gasteiger partial charge is 0.416 e. The number of aliphatic carboxylic acids is 1. The topological polar surface area (TPSA) is 77.9 Å². The SMILES string of the molecule is O=C(O)Cc1ccc(S(=O)(=O)N2CCN(Cc3cccc(C(F)(F)F)c3)CC2)s1. The summed E-state index contributed by atoms with van der Waals surface area (Å²) in [4.78, 5) is 13.1. The Balaban J connectivity index is 1.61. The molecule has 1 saturated heterocycles. The van der Waals surface area contributed by atoms with Gasteiger partial charge in [0, 0.05) is 37.6 Å². The van der Waals surface area contributed by atoms with Crippen molar-refractivity contribution in [1.82, 2.24) is 9.21 Å². The number of piperazine rings is 1. The van der Waals surface area contributed by atoms with Crippen LogP contribution in [0.3, 0.4) is 0 Å². The highest BCUT2D eigenvalue weighted by Crippen LogP contribution is 2.30. The third-order valence-corrected chi connectivity index (χ3v) is 8.00. The second-order valence-electron chi connectivity index (χ2n) is 6.67. The van der Waals surface area contributed by atoms with Crippen LogP contribution in [-0.4, -0.2) is 54.9 Å². The maximum Gasteiger partial charge on any atom is 0.416 e. The van der Waals surface area contributed by atoms with Gasteiger partial charge in [0.05, 0.1) is 12.0 Å². The van der Waals surface area contributed by atoms with Crippen LogP contribution in [0.25, 0.3) is 0 Å². The van der Waals surface area contributed by atoms with Crippen molar-refractivity contribution in [2.24, 2.45) is 0 Å². The molecule has 0 spiro atoms. The van der Waals surface area contributed by atoms with Crippen molar-refractivity contribution < 1.29 is 31.5 Å². The number of carbonyl (C=O) groups is 1. The van der Waals surface area contributed by atoms with Gasteiger partial charge in [0.2, 0.25) is 0 Å². The number of thiophene rings is 1. The van der Waals surface area contributed by atoms with Gasteiger partial charge in [-0.05, 0) is 23.8 Å². The van der Waals surface area contributed by atoms with Gasteiger partial charge >= 0.3 is 12.1 Å². The van der Waals surface area contributed by atoms with Gasteiger partial charge in [-0.3, -0.25) is 9.69 Å². The van der Waals surface area contributed by atoms with Crippen molar-refractivity contribution in [2.75, 3.05) is 26.2 Å². The summed E-state index contributed by atoms with van der Waals surface area (Å²) in [5.41, 5.74) is -0.182. The Hall–Kier alpha value is -1.95. The van der Waals surface area contributed by atoms with E-state index in [1.54, 1.807) is 6.07 Å². The standard InChI is InChI=1S/C18H19F3N2O4S2/c19-18(20,21)14-3-1-2-13(10-14)12-22-6-8-23(9-7-22)29(26,27)17-5-4-15(28-17)11-16(24)25/h1-5,10H,6-9,11-12H2,(H,24,25). The summed E-state index contributed by atoms with van der Waals surface area (Å²) in [6.45, 7) is 1.52. The Kier molecular flexibility index (Phi) is 6.32. The van der Waals surface area contributed by atoms with Gasteiger partial charge in [-0.2, -0.15) is 17.5 Å². The first kappa shape index (κ1) is 21.8. The highest BCUT2D eigenvalue weighted by Gasteiger charge is 2.32. The number of carboxylic acid groups (broad SMARTS) is 1. The summed E-state index contributed by atoms with van der Waals surface area (Å²) in [5.74, 6) is -1.03. The highest BCUT2D eigenvalue weighted by molar-refractivity contribution is 7.91. The molecule has 0 unspecified atom stereocenters. The number of halogens is 3. The van der Waals surface area contributed by atoms with Crippen LogP contribution in [0.2, 0.25) is 0 Å². The fourth-order valence-corrected chi connectivity index (χ4v) is 6.02. The number of carboxylic acids is 1. The molecule has 29 heavy (non-hydrogen) atoms. The number of benzene rings is 1. The van der Waals surface area contributed by atoms with Gasteiger partial charge < -0.3 is 5.11 Å². The average Bonchev–Trinajstić information content (AvgIpc) is 3.10. The Morgan fingerprint density at radius 2 is 1.79 bits per heavy atom. The maximum atomic E-state index is 12.8. The van der Waals surface area contributed by atoms with E-state index in [1.807, 2.05) is 4.90 Å². The molecular formula is C18H19F3N2O4S2. The molecule has 1 aliphatic heterocycles. The van der Waals surface area contributed by atoms with Gasteiger partial charge in [-0.25, -0.2) is 8.42 Å². The lowest BCUT2D eigenvalue weighted by molar-refractivity contribution is -0.138. The quantitative estimate of drug-likeness (QED) is 0.735. The fraction of sp³-hybridized carbons (Fsp3) is 0.389. The Labute approximate surface area is 170 Å². The van der Waals surface area contributed by atoms with Crippen molar-refractivity contribution >= 4 is 27.3 Å². The molecule has 1 aliphatic rings. The molecule has 0 bridgehead atoms. The van der Waals surface area contributed by atoms with Crippen LogP contribution in [0.5, 0.6) is 0 Å². The Bertz CT molecular complexity index is 981. The molecule has 2 aromatic rings. The molecule has 1 aromatic carbocycles. The third kappa shape index (κ3) is 5.35. The van der Waals surface area contributed by atoms with E-state index in [-0.39, 0.29) is 23.7 Å².